The average Bonchev–Trinajstić information content (AvgIpc) is 2.87. The fraction of sp³-hybridized carbons (Fsp3) is 0.167. The summed E-state index contributed by atoms with van der Waals surface area (Å²) in [5, 5.41) is 11.4. The van der Waals surface area contributed by atoms with Crippen LogP contribution in [0.4, 0.5) is 30.7 Å². The van der Waals surface area contributed by atoms with E-state index in [0.29, 0.717) is 0 Å². The van der Waals surface area contributed by atoms with Gasteiger partial charge in [0, 0.05) is 6.07 Å². The Balaban J connectivity index is 2.75. The Morgan fingerprint density at radius 2 is 1.70 bits per heavy atom. The van der Waals surface area contributed by atoms with Crippen molar-refractivity contribution in [2.75, 3.05) is 6.61 Å². The van der Waals surface area contributed by atoms with Gasteiger partial charge in [0.2, 0.25) is 5.88 Å². The molecule has 0 aliphatic heterocycles. The molecule has 0 radical (unpaired) electrons. The molecular formula is C12H4F7N3O. The molecule has 0 atom stereocenters. The average molecular weight is 339 g/mol. The monoisotopic (exact) mass is 339 g/mol. The van der Waals surface area contributed by atoms with E-state index < -0.39 is 53.2 Å². The number of alkyl halides is 3. The van der Waals surface area contributed by atoms with E-state index in [1.807, 2.05) is 0 Å². The molecule has 0 bridgehead atoms. The standard InChI is InChI=1S/C12H4F7N3O/c13-6-3-7(14)9(16)10(8(6)15)22-11(23-2-1-20)5(4-21-22)12(17,18)19/h3-4H,2H2. The van der Waals surface area contributed by atoms with E-state index >= 15 is 0 Å². The van der Waals surface area contributed by atoms with Gasteiger partial charge in [0.05, 0.1) is 6.20 Å². The van der Waals surface area contributed by atoms with Crippen molar-refractivity contribution >= 4 is 0 Å². The summed E-state index contributed by atoms with van der Waals surface area (Å²) in [5.74, 6) is -8.89. The highest BCUT2D eigenvalue weighted by Gasteiger charge is 2.39. The first-order valence-corrected chi connectivity index (χ1v) is 5.66. The lowest BCUT2D eigenvalue weighted by molar-refractivity contribution is -0.138. The van der Waals surface area contributed by atoms with Crippen molar-refractivity contribution in [2.45, 2.75) is 6.18 Å². The fourth-order valence-corrected chi connectivity index (χ4v) is 1.68. The van der Waals surface area contributed by atoms with Crippen LogP contribution in [0.15, 0.2) is 12.3 Å². The number of nitrogens with zero attached hydrogens (tertiary/aromatic N) is 3. The van der Waals surface area contributed by atoms with Gasteiger partial charge < -0.3 is 4.74 Å². The molecule has 2 aromatic rings. The van der Waals surface area contributed by atoms with Crippen molar-refractivity contribution in [1.82, 2.24) is 9.78 Å². The predicted molar refractivity (Wildman–Crippen MR) is 59.5 cm³/mol. The Labute approximate surface area is 123 Å². The second-order valence-electron chi connectivity index (χ2n) is 4.04. The highest BCUT2D eigenvalue weighted by Crippen LogP contribution is 2.38. The van der Waals surface area contributed by atoms with Gasteiger partial charge in [-0.05, 0) is 0 Å². The van der Waals surface area contributed by atoms with E-state index in [-0.39, 0.29) is 16.9 Å². The summed E-state index contributed by atoms with van der Waals surface area (Å²) in [6, 6.07) is 1.24. The van der Waals surface area contributed by atoms with Gasteiger partial charge in [-0.2, -0.15) is 28.2 Å². The minimum Gasteiger partial charge on any atom is -0.462 e. The maximum atomic E-state index is 13.7. The molecular weight excluding hydrogens is 335 g/mol. The van der Waals surface area contributed by atoms with Gasteiger partial charge in [0.15, 0.2) is 29.9 Å². The van der Waals surface area contributed by atoms with Crippen molar-refractivity contribution in [3.05, 3.63) is 41.1 Å². The minimum absolute atomic E-state index is 0.100. The summed E-state index contributed by atoms with van der Waals surface area (Å²) in [5.41, 5.74) is -3.11. The predicted octanol–water partition coefficient (Wildman–Crippen LogP) is 3.35. The van der Waals surface area contributed by atoms with Crippen LogP contribution >= 0.6 is 0 Å². The lowest BCUT2D eigenvalue weighted by Gasteiger charge is -2.12. The lowest BCUT2D eigenvalue weighted by Crippen LogP contribution is -2.13. The third-order valence-electron chi connectivity index (χ3n) is 2.60. The zero-order chi connectivity index (χ0) is 17.4. The van der Waals surface area contributed by atoms with E-state index in [9.17, 15) is 30.7 Å². The zero-order valence-corrected chi connectivity index (χ0v) is 10.8. The SMILES string of the molecule is N#CCOc1c(C(F)(F)F)cnn1-c1c(F)c(F)cc(F)c1F. The molecule has 122 valence electrons. The molecule has 1 aromatic heterocycles. The fourth-order valence-electron chi connectivity index (χ4n) is 1.68. The van der Waals surface area contributed by atoms with Crippen molar-refractivity contribution < 1.29 is 35.5 Å². The summed E-state index contributed by atoms with van der Waals surface area (Å²) < 4.78 is 96.6. The Morgan fingerprint density at radius 1 is 1.13 bits per heavy atom. The molecule has 0 aliphatic rings. The molecule has 0 aliphatic carbocycles. The molecule has 0 fully saturated rings. The van der Waals surface area contributed by atoms with Crippen LogP contribution < -0.4 is 4.74 Å². The van der Waals surface area contributed by atoms with Crippen LogP contribution in [0, 0.1) is 34.6 Å². The van der Waals surface area contributed by atoms with Gasteiger partial charge in [-0.25, -0.2) is 17.6 Å². The van der Waals surface area contributed by atoms with Crippen LogP contribution in [0.2, 0.25) is 0 Å². The normalized spacial score (nSPS) is 11.4. The third-order valence-corrected chi connectivity index (χ3v) is 2.60. The zero-order valence-electron chi connectivity index (χ0n) is 10.8. The maximum absolute atomic E-state index is 13.7. The molecule has 1 heterocycles. The van der Waals surface area contributed by atoms with Crippen LogP contribution in [0.3, 0.4) is 0 Å². The second kappa shape index (κ2) is 5.79. The third kappa shape index (κ3) is 2.92. The van der Waals surface area contributed by atoms with E-state index in [4.69, 9.17) is 5.26 Å². The highest BCUT2D eigenvalue weighted by molar-refractivity contribution is 5.42. The lowest BCUT2D eigenvalue weighted by atomic mass is 10.2. The summed E-state index contributed by atoms with van der Waals surface area (Å²) in [4.78, 5) is 0. The van der Waals surface area contributed by atoms with Gasteiger partial charge in [0.1, 0.15) is 17.3 Å². The Bertz CT molecular complexity index is 765. The van der Waals surface area contributed by atoms with Gasteiger partial charge in [-0.15, -0.1) is 0 Å². The van der Waals surface area contributed by atoms with E-state index in [1.165, 1.54) is 6.07 Å². The van der Waals surface area contributed by atoms with E-state index in [2.05, 4.69) is 9.84 Å². The topological polar surface area (TPSA) is 50.8 Å². The number of benzene rings is 1. The molecule has 2 rings (SSSR count). The summed E-state index contributed by atoms with van der Waals surface area (Å²) in [6.07, 6.45) is -4.89. The smallest absolute Gasteiger partial charge is 0.423 e. The molecule has 1 aromatic carbocycles. The molecule has 0 amide bonds. The number of aromatic nitrogens is 2. The molecule has 0 N–H and O–H groups in total. The quantitative estimate of drug-likeness (QED) is 0.637. The molecule has 11 heteroatoms. The Hall–Kier alpha value is -2.77. The number of hydrogen-bond acceptors (Lipinski definition) is 3. The summed E-state index contributed by atoms with van der Waals surface area (Å²) in [7, 11) is 0. The molecule has 0 spiro atoms. The largest absolute Gasteiger partial charge is 0.462 e. The first-order chi connectivity index (χ1) is 10.7. The van der Waals surface area contributed by atoms with Crippen molar-refractivity contribution in [3.8, 4) is 17.6 Å². The first kappa shape index (κ1) is 16.6. The number of rotatable bonds is 3. The Kier molecular flexibility index (Phi) is 4.18. The molecule has 4 nitrogen and oxygen atoms in total. The second-order valence-corrected chi connectivity index (χ2v) is 4.04. The first-order valence-electron chi connectivity index (χ1n) is 5.66. The van der Waals surface area contributed by atoms with Gasteiger partial charge in [-0.1, -0.05) is 0 Å². The number of nitriles is 1. The van der Waals surface area contributed by atoms with E-state index in [0.717, 1.165) is 0 Å². The molecule has 0 saturated carbocycles. The van der Waals surface area contributed by atoms with Gasteiger partial charge in [0.25, 0.3) is 0 Å². The van der Waals surface area contributed by atoms with E-state index in [1.54, 1.807) is 0 Å². The molecule has 23 heavy (non-hydrogen) atoms. The van der Waals surface area contributed by atoms with Crippen molar-refractivity contribution in [3.63, 3.8) is 0 Å². The number of ether oxygens (including phenoxy) is 1. The Morgan fingerprint density at radius 3 is 2.17 bits per heavy atom. The summed E-state index contributed by atoms with van der Waals surface area (Å²) in [6.45, 7) is -0.921. The van der Waals surface area contributed by atoms with Crippen LogP contribution in [-0.4, -0.2) is 16.4 Å². The molecule has 0 unspecified atom stereocenters. The number of halogens is 7. The van der Waals surface area contributed by atoms with Crippen LogP contribution in [0.25, 0.3) is 5.69 Å². The van der Waals surface area contributed by atoms with Crippen molar-refractivity contribution in [2.24, 2.45) is 0 Å². The van der Waals surface area contributed by atoms with Gasteiger partial charge >= 0.3 is 6.18 Å². The van der Waals surface area contributed by atoms with Crippen LogP contribution in [-0.2, 0) is 6.18 Å². The van der Waals surface area contributed by atoms with Crippen LogP contribution in [0.5, 0.6) is 5.88 Å². The van der Waals surface area contributed by atoms with Gasteiger partial charge in [-0.3, -0.25) is 0 Å². The maximum Gasteiger partial charge on any atom is 0.423 e. The minimum atomic E-state index is -5.04. The number of hydrogen-bond donors (Lipinski definition) is 0. The molecule has 0 saturated heterocycles. The van der Waals surface area contributed by atoms with Crippen molar-refractivity contribution in [1.29, 1.82) is 5.26 Å². The highest BCUT2D eigenvalue weighted by atomic mass is 19.4. The summed E-state index contributed by atoms with van der Waals surface area (Å²) >= 11 is 0. The van der Waals surface area contributed by atoms with Crippen LogP contribution in [0.1, 0.15) is 5.56 Å².